The zero-order valence-corrected chi connectivity index (χ0v) is 12.8. The van der Waals surface area contributed by atoms with E-state index in [4.69, 9.17) is 5.73 Å². The second-order valence-corrected chi connectivity index (χ2v) is 6.25. The molecule has 2 rings (SSSR count). The van der Waals surface area contributed by atoms with Crippen molar-refractivity contribution in [1.82, 2.24) is 5.32 Å². The minimum Gasteiger partial charge on any atom is -0.369 e. The van der Waals surface area contributed by atoms with E-state index in [1.165, 1.54) is 25.0 Å². The third-order valence-corrected chi connectivity index (χ3v) is 4.28. The van der Waals surface area contributed by atoms with Gasteiger partial charge in [0.1, 0.15) is 5.82 Å². The van der Waals surface area contributed by atoms with E-state index in [9.17, 15) is 14.0 Å². The van der Waals surface area contributed by atoms with Crippen molar-refractivity contribution < 1.29 is 14.0 Å². The third-order valence-electron chi connectivity index (χ3n) is 4.28. The van der Waals surface area contributed by atoms with Gasteiger partial charge in [0.05, 0.1) is 5.92 Å². The number of benzene rings is 1. The van der Waals surface area contributed by atoms with E-state index in [1.807, 2.05) is 0 Å². The Hall–Kier alpha value is -1.91. The summed E-state index contributed by atoms with van der Waals surface area (Å²) in [6.45, 7) is 2.31. The molecule has 3 N–H and O–H groups in total. The van der Waals surface area contributed by atoms with Crippen molar-refractivity contribution in [2.75, 3.05) is 6.54 Å². The number of rotatable bonds is 8. The number of carbonyl (C=O) groups is 2. The zero-order valence-electron chi connectivity index (χ0n) is 12.8. The maximum Gasteiger partial charge on any atom is 0.222 e. The molecule has 1 aliphatic carbocycles. The fourth-order valence-electron chi connectivity index (χ4n) is 2.61. The summed E-state index contributed by atoms with van der Waals surface area (Å²) in [6.07, 6.45) is 3.31. The second-order valence-electron chi connectivity index (χ2n) is 6.25. The molecule has 1 saturated carbocycles. The van der Waals surface area contributed by atoms with Crippen molar-refractivity contribution in [3.63, 3.8) is 0 Å². The fraction of sp³-hybridized carbons (Fsp3) is 0.529. The first kappa shape index (κ1) is 16.5. The van der Waals surface area contributed by atoms with Gasteiger partial charge in [-0.25, -0.2) is 4.39 Å². The SMILES string of the molecule is C[C@H](CC(=O)NC[C@@H](Cc1ccc(F)cc1)C(N)=O)C1CC1. The summed E-state index contributed by atoms with van der Waals surface area (Å²) in [5.74, 6) is -0.224. The Morgan fingerprint density at radius 3 is 2.50 bits per heavy atom. The molecule has 4 nitrogen and oxygen atoms in total. The summed E-state index contributed by atoms with van der Waals surface area (Å²) in [5, 5.41) is 2.80. The maximum atomic E-state index is 12.9. The zero-order chi connectivity index (χ0) is 16.1. The van der Waals surface area contributed by atoms with Crippen LogP contribution in [0.4, 0.5) is 4.39 Å². The van der Waals surface area contributed by atoms with Gasteiger partial charge >= 0.3 is 0 Å². The largest absolute Gasteiger partial charge is 0.369 e. The number of halogens is 1. The van der Waals surface area contributed by atoms with Crippen molar-refractivity contribution in [2.24, 2.45) is 23.5 Å². The first-order chi connectivity index (χ1) is 10.5. The van der Waals surface area contributed by atoms with Gasteiger partial charge in [0.15, 0.2) is 0 Å². The van der Waals surface area contributed by atoms with Gasteiger partial charge in [0.2, 0.25) is 11.8 Å². The van der Waals surface area contributed by atoms with Crippen molar-refractivity contribution in [1.29, 1.82) is 0 Å². The first-order valence-electron chi connectivity index (χ1n) is 7.76. The van der Waals surface area contributed by atoms with Crippen LogP contribution >= 0.6 is 0 Å². The lowest BCUT2D eigenvalue weighted by atomic mass is 9.98. The van der Waals surface area contributed by atoms with Crippen LogP contribution in [0.25, 0.3) is 0 Å². The topological polar surface area (TPSA) is 72.2 Å². The second kappa shape index (κ2) is 7.38. The van der Waals surface area contributed by atoms with Crippen LogP contribution in [0.1, 0.15) is 31.7 Å². The molecule has 0 bridgehead atoms. The number of nitrogens with one attached hydrogen (secondary N) is 1. The minimum atomic E-state index is -0.481. The van der Waals surface area contributed by atoms with Crippen LogP contribution in [0.15, 0.2) is 24.3 Å². The third kappa shape index (κ3) is 5.13. The smallest absolute Gasteiger partial charge is 0.222 e. The van der Waals surface area contributed by atoms with Gasteiger partial charge in [0.25, 0.3) is 0 Å². The molecule has 22 heavy (non-hydrogen) atoms. The number of carbonyl (C=O) groups excluding carboxylic acids is 2. The molecule has 0 radical (unpaired) electrons. The molecule has 0 spiro atoms. The highest BCUT2D eigenvalue weighted by molar-refractivity contribution is 5.80. The number of hydrogen-bond acceptors (Lipinski definition) is 2. The molecule has 5 heteroatoms. The van der Waals surface area contributed by atoms with Gasteiger partial charge in [-0.1, -0.05) is 19.1 Å². The Bertz CT molecular complexity index is 526. The molecule has 0 unspecified atom stereocenters. The average molecular weight is 306 g/mol. The lowest BCUT2D eigenvalue weighted by molar-refractivity contribution is -0.123. The summed E-state index contributed by atoms with van der Waals surface area (Å²) in [7, 11) is 0. The Labute approximate surface area is 130 Å². The summed E-state index contributed by atoms with van der Waals surface area (Å²) in [5.41, 5.74) is 6.22. The van der Waals surface area contributed by atoms with Crippen molar-refractivity contribution in [3.8, 4) is 0 Å². The molecule has 1 aliphatic rings. The molecule has 0 saturated heterocycles. The van der Waals surface area contributed by atoms with Crippen LogP contribution in [0, 0.1) is 23.6 Å². The van der Waals surface area contributed by atoms with Crippen molar-refractivity contribution in [3.05, 3.63) is 35.6 Å². The predicted molar refractivity (Wildman–Crippen MR) is 82.3 cm³/mol. The molecule has 0 heterocycles. The van der Waals surface area contributed by atoms with E-state index in [0.717, 1.165) is 5.56 Å². The molecule has 0 aromatic heterocycles. The van der Waals surface area contributed by atoms with E-state index in [-0.39, 0.29) is 18.3 Å². The lowest BCUT2D eigenvalue weighted by Crippen LogP contribution is -2.37. The lowest BCUT2D eigenvalue weighted by Gasteiger charge is -2.16. The van der Waals surface area contributed by atoms with Crippen LogP contribution in [0.3, 0.4) is 0 Å². The standard InChI is InChI=1S/C17H23FN2O2/c1-11(13-4-5-13)8-16(21)20-10-14(17(19)22)9-12-2-6-15(18)7-3-12/h2-3,6-7,11,13-14H,4-5,8-10H2,1H3,(H2,19,22)(H,20,21)/t11-,14-/m1/s1. The fourth-order valence-corrected chi connectivity index (χ4v) is 2.61. The normalized spacial score (nSPS) is 16.8. The van der Waals surface area contributed by atoms with Crippen molar-refractivity contribution >= 4 is 11.8 Å². The van der Waals surface area contributed by atoms with Gasteiger partial charge in [-0.15, -0.1) is 0 Å². The van der Waals surface area contributed by atoms with E-state index >= 15 is 0 Å². The molecular formula is C17H23FN2O2. The predicted octanol–water partition coefficient (Wildman–Crippen LogP) is 2.02. The Morgan fingerprint density at radius 1 is 1.32 bits per heavy atom. The monoisotopic (exact) mass is 306 g/mol. The highest BCUT2D eigenvalue weighted by Gasteiger charge is 2.29. The average Bonchev–Trinajstić information content (AvgIpc) is 3.29. The summed E-state index contributed by atoms with van der Waals surface area (Å²) < 4.78 is 12.9. The summed E-state index contributed by atoms with van der Waals surface area (Å²) in [4.78, 5) is 23.4. The quantitative estimate of drug-likeness (QED) is 0.771. The van der Waals surface area contributed by atoms with E-state index < -0.39 is 11.8 Å². The summed E-state index contributed by atoms with van der Waals surface area (Å²) in [6, 6.07) is 5.96. The van der Waals surface area contributed by atoms with E-state index in [0.29, 0.717) is 24.7 Å². The molecule has 120 valence electrons. The maximum absolute atomic E-state index is 12.9. The van der Waals surface area contributed by atoms with Crippen LogP contribution in [-0.2, 0) is 16.0 Å². The van der Waals surface area contributed by atoms with Gasteiger partial charge in [-0.3, -0.25) is 9.59 Å². The molecule has 2 atom stereocenters. The molecule has 1 fully saturated rings. The number of primary amides is 1. The van der Waals surface area contributed by atoms with Crippen LogP contribution in [0.5, 0.6) is 0 Å². The Morgan fingerprint density at radius 2 is 1.95 bits per heavy atom. The van der Waals surface area contributed by atoms with E-state index in [2.05, 4.69) is 12.2 Å². The molecule has 0 aliphatic heterocycles. The minimum absolute atomic E-state index is 0.0373. The number of hydrogen-bond donors (Lipinski definition) is 2. The van der Waals surface area contributed by atoms with Gasteiger partial charge < -0.3 is 11.1 Å². The Balaban J connectivity index is 1.81. The van der Waals surface area contributed by atoms with E-state index in [1.54, 1.807) is 12.1 Å². The molecule has 1 aromatic carbocycles. The van der Waals surface area contributed by atoms with Gasteiger partial charge in [-0.2, -0.15) is 0 Å². The molecule has 1 aromatic rings. The number of nitrogens with two attached hydrogens (primary N) is 1. The highest BCUT2D eigenvalue weighted by Crippen LogP contribution is 2.38. The molecule has 2 amide bonds. The van der Waals surface area contributed by atoms with Gasteiger partial charge in [0, 0.05) is 13.0 Å². The van der Waals surface area contributed by atoms with Crippen LogP contribution in [-0.4, -0.2) is 18.4 Å². The first-order valence-corrected chi connectivity index (χ1v) is 7.76. The van der Waals surface area contributed by atoms with Gasteiger partial charge in [-0.05, 0) is 48.8 Å². The van der Waals surface area contributed by atoms with Crippen LogP contribution in [0.2, 0.25) is 0 Å². The summed E-state index contributed by atoms with van der Waals surface area (Å²) >= 11 is 0. The van der Waals surface area contributed by atoms with Crippen molar-refractivity contribution in [2.45, 2.75) is 32.6 Å². The van der Waals surface area contributed by atoms with Crippen LogP contribution < -0.4 is 11.1 Å². The Kier molecular flexibility index (Phi) is 5.52. The number of amides is 2. The molecular weight excluding hydrogens is 283 g/mol. The highest BCUT2D eigenvalue weighted by atomic mass is 19.1.